The second-order valence-electron chi connectivity index (χ2n) is 4.58. The zero-order chi connectivity index (χ0) is 11.9. The maximum absolute atomic E-state index is 11.8. The lowest BCUT2D eigenvalue weighted by atomic mass is 10.1. The van der Waals surface area contributed by atoms with E-state index in [1.54, 1.807) is 0 Å². The van der Waals surface area contributed by atoms with Gasteiger partial charge in [0.05, 0.1) is 13.2 Å². The Morgan fingerprint density at radius 2 is 1.76 bits per heavy atom. The van der Waals surface area contributed by atoms with Gasteiger partial charge in [0, 0.05) is 45.3 Å². The molecular formula is C12H22N2O3. The molecule has 1 N–H and O–H groups in total. The van der Waals surface area contributed by atoms with Crippen LogP contribution >= 0.6 is 0 Å². The Kier molecular flexibility index (Phi) is 5.22. The summed E-state index contributed by atoms with van der Waals surface area (Å²) in [5.74, 6) is 0.243. The number of rotatable bonds is 4. The van der Waals surface area contributed by atoms with E-state index in [-0.39, 0.29) is 5.91 Å². The van der Waals surface area contributed by atoms with Gasteiger partial charge < -0.3 is 19.7 Å². The zero-order valence-electron chi connectivity index (χ0n) is 10.3. The molecule has 0 unspecified atom stereocenters. The van der Waals surface area contributed by atoms with E-state index in [9.17, 15) is 4.79 Å². The fourth-order valence-corrected chi connectivity index (χ4v) is 2.26. The van der Waals surface area contributed by atoms with Crippen LogP contribution in [0.5, 0.6) is 0 Å². The molecule has 2 fully saturated rings. The van der Waals surface area contributed by atoms with Crippen molar-refractivity contribution in [3.8, 4) is 0 Å². The molecule has 0 radical (unpaired) electrons. The van der Waals surface area contributed by atoms with Gasteiger partial charge in [-0.25, -0.2) is 0 Å². The molecule has 2 heterocycles. The maximum Gasteiger partial charge on any atom is 0.224 e. The summed E-state index contributed by atoms with van der Waals surface area (Å²) in [6.07, 6.45) is 2.72. The number of carbonyl (C=O) groups is 1. The van der Waals surface area contributed by atoms with Crippen LogP contribution in [0.15, 0.2) is 0 Å². The van der Waals surface area contributed by atoms with Gasteiger partial charge in [0.2, 0.25) is 5.91 Å². The van der Waals surface area contributed by atoms with Crippen LogP contribution in [0.2, 0.25) is 0 Å². The molecule has 2 saturated heterocycles. The molecule has 1 amide bonds. The van der Waals surface area contributed by atoms with Crippen molar-refractivity contribution < 1.29 is 14.3 Å². The first kappa shape index (κ1) is 12.8. The van der Waals surface area contributed by atoms with Crippen LogP contribution in [-0.2, 0) is 14.3 Å². The number of amides is 1. The summed E-state index contributed by atoms with van der Waals surface area (Å²) in [4.78, 5) is 13.7. The van der Waals surface area contributed by atoms with E-state index in [0.29, 0.717) is 25.7 Å². The first-order valence-electron chi connectivity index (χ1n) is 6.53. The molecule has 0 saturated carbocycles. The minimum absolute atomic E-state index is 0.243. The lowest BCUT2D eigenvalue weighted by Gasteiger charge is -2.27. The van der Waals surface area contributed by atoms with Crippen molar-refractivity contribution in [1.29, 1.82) is 0 Å². The highest BCUT2D eigenvalue weighted by Crippen LogP contribution is 2.06. The van der Waals surface area contributed by atoms with E-state index < -0.39 is 0 Å². The van der Waals surface area contributed by atoms with E-state index in [4.69, 9.17) is 9.47 Å². The molecule has 2 aliphatic rings. The van der Waals surface area contributed by atoms with Crippen molar-refractivity contribution in [3.05, 3.63) is 0 Å². The molecule has 2 aliphatic heterocycles. The van der Waals surface area contributed by atoms with Gasteiger partial charge in [0.25, 0.3) is 0 Å². The second-order valence-corrected chi connectivity index (χ2v) is 4.58. The van der Waals surface area contributed by atoms with Gasteiger partial charge in [0.1, 0.15) is 0 Å². The zero-order valence-corrected chi connectivity index (χ0v) is 10.3. The average Bonchev–Trinajstić information content (AvgIpc) is 2.41. The SMILES string of the molecule is O=C(CCNC1CCOCC1)N1CCOCC1. The van der Waals surface area contributed by atoms with E-state index in [1.165, 1.54) is 0 Å². The van der Waals surface area contributed by atoms with Crippen LogP contribution in [-0.4, -0.2) is 62.9 Å². The predicted molar refractivity (Wildman–Crippen MR) is 63.9 cm³/mol. The van der Waals surface area contributed by atoms with E-state index in [0.717, 1.165) is 45.7 Å². The molecule has 0 bridgehead atoms. The summed E-state index contributed by atoms with van der Waals surface area (Å²) >= 11 is 0. The molecule has 0 aliphatic carbocycles. The second kappa shape index (κ2) is 6.93. The molecule has 5 heteroatoms. The quantitative estimate of drug-likeness (QED) is 0.754. The van der Waals surface area contributed by atoms with Crippen molar-refractivity contribution in [3.63, 3.8) is 0 Å². The third-order valence-electron chi connectivity index (χ3n) is 3.36. The summed E-state index contributed by atoms with van der Waals surface area (Å²) in [5.41, 5.74) is 0. The van der Waals surface area contributed by atoms with Gasteiger partial charge >= 0.3 is 0 Å². The fraction of sp³-hybridized carbons (Fsp3) is 0.917. The Bertz CT molecular complexity index is 236. The van der Waals surface area contributed by atoms with Crippen LogP contribution < -0.4 is 5.32 Å². The Morgan fingerprint density at radius 3 is 2.47 bits per heavy atom. The van der Waals surface area contributed by atoms with Gasteiger partial charge in [-0.1, -0.05) is 0 Å². The largest absolute Gasteiger partial charge is 0.381 e. The Hall–Kier alpha value is -0.650. The first-order chi connectivity index (χ1) is 8.36. The standard InChI is InChI=1S/C12H22N2O3/c15-12(14-5-9-17-10-6-14)1-4-13-11-2-7-16-8-3-11/h11,13H,1-10H2. The molecule has 0 spiro atoms. The van der Waals surface area contributed by atoms with Gasteiger partial charge in [-0.05, 0) is 12.8 Å². The number of hydrogen-bond acceptors (Lipinski definition) is 4. The van der Waals surface area contributed by atoms with Crippen molar-refractivity contribution in [1.82, 2.24) is 10.2 Å². The molecule has 2 rings (SSSR count). The summed E-state index contributed by atoms with van der Waals surface area (Å²) in [7, 11) is 0. The molecule has 0 aromatic rings. The van der Waals surface area contributed by atoms with Gasteiger partial charge in [-0.3, -0.25) is 4.79 Å². The first-order valence-corrected chi connectivity index (χ1v) is 6.53. The lowest BCUT2D eigenvalue weighted by molar-refractivity contribution is -0.135. The van der Waals surface area contributed by atoms with Gasteiger partial charge in [-0.15, -0.1) is 0 Å². The normalized spacial score (nSPS) is 22.7. The van der Waals surface area contributed by atoms with Crippen LogP contribution in [0.4, 0.5) is 0 Å². The number of morpholine rings is 1. The van der Waals surface area contributed by atoms with Crippen molar-refractivity contribution in [2.45, 2.75) is 25.3 Å². The van der Waals surface area contributed by atoms with Gasteiger partial charge in [-0.2, -0.15) is 0 Å². The summed E-state index contributed by atoms with van der Waals surface area (Å²) in [5, 5.41) is 3.43. The van der Waals surface area contributed by atoms with E-state index >= 15 is 0 Å². The summed E-state index contributed by atoms with van der Waals surface area (Å²) in [6, 6.07) is 0.529. The molecule has 0 aromatic carbocycles. The van der Waals surface area contributed by atoms with Crippen LogP contribution in [0.1, 0.15) is 19.3 Å². The smallest absolute Gasteiger partial charge is 0.224 e. The molecule has 98 valence electrons. The number of nitrogens with one attached hydrogen (secondary N) is 1. The van der Waals surface area contributed by atoms with Crippen molar-refractivity contribution >= 4 is 5.91 Å². The number of nitrogens with zero attached hydrogens (tertiary/aromatic N) is 1. The Morgan fingerprint density at radius 1 is 1.12 bits per heavy atom. The predicted octanol–water partition coefficient (Wildman–Crippen LogP) is 0.00390. The molecule has 17 heavy (non-hydrogen) atoms. The van der Waals surface area contributed by atoms with Crippen LogP contribution in [0.3, 0.4) is 0 Å². The topological polar surface area (TPSA) is 50.8 Å². The molecule has 0 atom stereocenters. The summed E-state index contributed by atoms with van der Waals surface area (Å²) < 4.78 is 10.5. The maximum atomic E-state index is 11.8. The van der Waals surface area contributed by atoms with E-state index in [1.807, 2.05) is 4.90 Å². The number of carbonyl (C=O) groups excluding carboxylic acids is 1. The Balaban J connectivity index is 1.58. The van der Waals surface area contributed by atoms with E-state index in [2.05, 4.69) is 5.32 Å². The highest BCUT2D eigenvalue weighted by Gasteiger charge is 2.17. The molecule has 0 aromatic heterocycles. The van der Waals surface area contributed by atoms with Crippen LogP contribution in [0, 0.1) is 0 Å². The molecule has 5 nitrogen and oxygen atoms in total. The highest BCUT2D eigenvalue weighted by molar-refractivity contribution is 5.76. The monoisotopic (exact) mass is 242 g/mol. The molecular weight excluding hydrogens is 220 g/mol. The minimum atomic E-state index is 0.243. The average molecular weight is 242 g/mol. The third kappa shape index (κ3) is 4.26. The summed E-state index contributed by atoms with van der Waals surface area (Å²) in [6.45, 7) is 5.31. The van der Waals surface area contributed by atoms with Crippen molar-refractivity contribution in [2.75, 3.05) is 46.1 Å². The number of ether oxygens (including phenoxy) is 2. The lowest BCUT2D eigenvalue weighted by Crippen LogP contribution is -2.42. The third-order valence-corrected chi connectivity index (χ3v) is 3.36. The Labute approximate surface area is 102 Å². The number of hydrogen-bond donors (Lipinski definition) is 1. The minimum Gasteiger partial charge on any atom is -0.381 e. The van der Waals surface area contributed by atoms with Crippen molar-refractivity contribution in [2.24, 2.45) is 0 Å². The highest BCUT2D eigenvalue weighted by atomic mass is 16.5. The fourth-order valence-electron chi connectivity index (χ4n) is 2.26. The van der Waals surface area contributed by atoms with Crippen LogP contribution in [0.25, 0.3) is 0 Å². The van der Waals surface area contributed by atoms with Gasteiger partial charge in [0.15, 0.2) is 0 Å².